The van der Waals surface area contributed by atoms with Gasteiger partial charge in [0.1, 0.15) is 0 Å². The van der Waals surface area contributed by atoms with Crippen molar-refractivity contribution in [1.29, 1.82) is 0 Å². The predicted molar refractivity (Wildman–Crippen MR) is 52.5 cm³/mol. The highest BCUT2D eigenvalue weighted by Gasteiger charge is 2.45. The number of alkyl halides is 2. The van der Waals surface area contributed by atoms with E-state index in [1.54, 1.807) is 0 Å². The summed E-state index contributed by atoms with van der Waals surface area (Å²) in [7, 11) is 0. The Balaban J connectivity index is 1.67. The summed E-state index contributed by atoms with van der Waals surface area (Å²) in [5.74, 6) is -1.55. The molecular formula is C11H19F2N. The minimum Gasteiger partial charge on any atom is -0.311 e. The molecule has 0 heterocycles. The molecule has 2 fully saturated rings. The van der Waals surface area contributed by atoms with Gasteiger partial charge in [0.05, 0.1) is 0 Å². The molecule has 2 aliphatic carbocycles. The molecule has 1 nitrogen and oxygen atoms in total. The lowest BCUT2D eigenvalue weighted by molar-refractivity contribution is -0.0955. The second-order valence-corrected chi connectivity index (χ2v) is 5.08. The van der Waals surface area contributed by atoms with Crippen molar-refractivity contribution in [3.8, 4) is 0 Å². The van der Waals surface area contributed by atoms with Crippen LogP contribution >= 0.6 is 0 Å². The van der Waals surface area contributed by atoms with Gasteiger partial charge in [-0.2, -0.15) is 0 Å². The zero-order chi connectivity index (χ0) is 10.2. The first-order valence-corrected chi connectivity index (χ1v) is 5.69. The minimum atomic E-state index is -2.38. The van der Waals surface area contributed by atoms with Gasteiger partial charge in [0.2, 0.25) is 0 Å². The van der Waals surface area contributed by atoms with E-state index in [1.807, 2.05) is 0 Å². The molecule has 0 amide bonds. The standard InChI is InChI=1S/C11H19F2N/c1-8-2-4-9(5-3-8)14-10-6-11(12,13)7-10/h8-10,14H,2-7H2,1H3/t8-,9-. The molecule has 14 heavy (non-hydrogen) atoms. The van der Waals surface area contributed by atoms with Gasteiger partial charge < -0.3 is 5.32 Å². The lowest BCUT2D eigenvalue weighted by Crippen LogP contribution is -2.52. The number of hydrogen-bond acceptors (Lipinski definition) is 1. The Morgan fingerprint density at radius 1 is 1.00 bits per heavy atom. The van der Waals surface area contributed by atoms with Gasteiger partial charge in [-0.1, -0.05) is 6.92 Å². The van der Waals surface area contributed by atoms with Crippen LogP contribution in [0.2, 0.25) is 0 Å². The smallest absolute Gasteiger partial charge is 0.251 e. The Hall–Kier alpha value is -0.180. The van der Waals surface area contributed by atoms with E-state index in [2.05, 4.69) is 12.2 Å². The second-order valence-electron chi connectivity index (χ2n) is 5.08. The van der Waals surface area contributed by atoms with Crippen LogP contribution in [0.5, 0.6) is 0 Å². The number of rotatable bonds is 2. The van der Waals surface area contributed by atoms with Gasteiger partial charge in [-0.3, -0.25) is 0 Å². The van der Waals surface area contributed by atoms with E-state index in [9.17, 15) is 8.78 Å². The predicted octanol–water partition coefficient (Wildman–Crippen LogP) is 2.95. The van der Waals surface area contributed by atoms with Gasteiger partial charge in [-0.25, -0.2) is 8.78 Å². The van der Waals surface area contributed by atoms with E-state index in [1.165, 1.54) is 25.7 Å². The molecule has 0 radical (unpaired) electrons. The van der Waals surface area contributed by atoms with Crippen LogP contribution in [0.3, 0.4) is 0 Å². The van der Waals surface area contributed by atoms with E-state index >= 15 is 0 Å². The first-order valence-electron chi connectivity index (χ1n) is 5.69. The summed E-state index contributed by atoms with van der Waals surface area (Å²) in [6.45, 7) is 2.27. The maximum atomic E-state index is 12.6. The van der Waals surface area contributed by atoms with E-state index in [0.717, 1.165) is 5.92 Å². The Kier molecular flexibility index (Phi) is 2.78. The molecule has 0 bridgehead atoms. The summed E-state index contributed by atoms with van der Waals surface area (Å²) < 4.78 is 25.1. The van der Waals surface area contributed by atoms with E-state index in [4.69, 9.17) is 0 Å². The lowest BCUT2D eigenvalue weighted by atomic mass is 9.83. The molecule has 2 rings (SSSR count). The number of halogens is 2. The third kappa shape index (κ3) is 2.44. The molecule has 0 unspecified atom stereocenters. The highest BCUT2D eigenvalue weighted by Crippen LogP contribution is 2.38. The van der Waals surface area contributed by atoms with Crippen LogP contribution in [0.1, 0.15) is 45.4 Å². The van der Waals surface area contributed by atoms with Crippen LogP contribution in [0.25, 0.3) is 0 Å². The maximum Gasteiger partial charge on any atom is 0.251 e. The summed E-state index contributed by atoms with van der Waals surface area (Å²) in [5, 5.41) is 3.35. The van der Waals surface area contributed by atoms with Crippen molar-refractivity contribution in [2.45, 2.75) is 63.5 Å². The summed E-state index contributed by atoms with van der Waals surface area (Å²) in [4.78, 5) is 0. The monoisotopic (exact) mass is 203 g/mol. The quantitative estimate of drug-likeness (QED) is 0.727. The highest BCUT2D eigenvalue weighted by atomic mass is 19.3. The SMILES string of the molecule is C[C@H]1CC[C@H](NC2CC(F)(F)C2)CC1. The Labute approximate surface area is 84.3 Å². The number of nitrogens with one attached hydrogen (secondary N) is 1. The summed E-state index contributed by atoms with van der Waals surface area (Å²) >= 11 is 0. The van der Waals surface area contributed by atoms with Gasteiger partial charge in [0, 0.05) is 24.9 Å². The van der Waals surface area contributed by atoms with Crippen molar-refractivity contribution in [3.05, 3.63) is 0 Å². The van der Waals surface area contributed by atoms with E-state index < -0.39 is 5.92 Å². The van der Waals surface area contributed by atoms with Gasteiger partial charge in [-0.05, 0) is 31.6 Å². The Bertz CT molecular complexity index is 189. The molecule has 0 aliphatic heterocycles. The molecule has 0 atom stereocenters. The Morgan fingerprint density at radius 3 is 2.07 bits per heavy atom. The van der Waals surface area contributed by atoms with Gasteiger partial charge >= 0.3 is 0 Å². The fourth-order valence-electron chi connectivity index (χ4n) is 2.54. The Morgan fingerprint density at radius 2 is 1.57 bits per heavy atom. The minimum absolute atomic E-state index is 0.0546. The van der Waals surface area contributed by atoms with Crippen molar-refractivity contribution >= 4 is 0 Å². The summed E-state index contributed by atoms with van der Waals surface area (Å²) in [6, 6.07) is 0.593. The second kappa shape index (κ2) is 3.76. The molecule has 0 spiro atoms. The van der Waals surface area contributed by atoms with Crippen LogP contribution in [0.4, 0.5) is 8.78 Å². The molecular weight excluding hydrogens is 184 g/mol. The van der Waals surface area contributed by atoms with Crippen LogP contribution < -0.4 is 5.32 Å². The van der Waals surface area contributed by atoms with Crippen molar-refractivity contribution < 1.29 is 8.78 Å². The third-order valence-corrected chi connectivity index (χ3v) is 3.58. The molecule has 0 saturated heterocycles. The average Bonchev–Trinajstić information content (AvgIpc) is 2.06. The maximum absolute atomic E-state index is 12.6. The first kappa shape index (κ1) is 10.3. The van der Waals surface area contributed by atoms with Crippen molar-refractivity contribution in [3.63, 3.8) is 0 Å². The molecule has 2 saturated carbocycles. The molecule has 0 aromatic rings. The summed E-state index contributed by atoms with van der Waals surface area (Å²) in [5.41, 5.74) is 0. The molecule has 3 heteroatoms. The van der Waals surface area contributed by atoms with Gasteiger partial charge in [-0.15, -0.1) is 0 Å². The first-order chi connectivity index (χ1) is 6.55. The third-order valence-electron chi connectivity index (χ3n) is 3.58. The molecule has 0 aromatic carbocycles. The van der Waals surface area contributed by atoms with Gasteiger partial charge in [0.25, 0.3) is 5.92 Å². The number of hydrogen-bond donors (Lipinski definition) is 1. The topological polar surface area (TPSA) is 12.0 Å². The zero-order valence-electron chi connectivity index (χ0n) is 8.73. The van der Waals surface area contributed by atoms with Crippen molar-refractivity contribution in [2.75, 3.05) is 0 Å². The van der Waals surface area contributed by atoms with Crippen molar-refractivity contribution in [1.82, 2.24) is 5.32 Å². The zero-order valence-corrected chi connectivity index (χ0v) is 8.73. The van der Waals surface area contributed by atoms with Gasteiger partial charge in [0.15, 0.2) is 0 Å². The highest BCUT2D eigenvalue weighted by molar-refractivity contribution is 4.93. The molecule has 0 aromatic heterocycles. The molecule has 2 aliphatic rings. The fraction of sp³-hybridized carbons (Fsp3) is 1.00. The average molecular weight is 203 g/mol. The lowest BCUT2D eigenvalue weighted by Gasteiger charge is -2.39. The van der Waals surface area contributed by atoms with E-state index in [-0.39, 0.29) is 18.9 Å². The summed E-state index contributed by atoms with van der Waals surface area (Å²) in [6.07, 6.45) is 4.95. The normalized spacial score (nSPS) is 37.9. The molecule has 82 valence electrons. The fourth-order valence-corrected chi connectivity index (χ4v) is 2.54. The van der Waals surface area contributed by atoms with Crippen molar-refractivity contribution in [2.24, 2.45) is 5.92 Å². The van der Waals surface area contributed by atoms with Crippen LogP contribution in [0.15, 0.2) is 0 Å². The van der Waals surface area contributed by atoms with E-state index in [0.29, 0.717) is 6.04 Å². The van der Waals surface area contributed by atoms with Crippen LogP contribution in [-0.4, -0.2) is 18.0 Å². The van der Waals surface area contributed by atoms with Crippen LogP contribution in [0, 0.1) is 5.92 Å². The molecule has 1 N–H and O–H groups in total. The largest absolute Gasteiger partial charge is 0.311 e. The van der Waals surface area contributed by atoms with Crippen LogP contribution in [-0.2, 0) is 0 Å².